The molecule has 2 nitrogen and oxygen atoms in total. The molecule has 62 valence electrons. The zero-order chi connectivity index (χ0) is 8.48. The van der Waals surface area contributed by atoms with Crippen molar-refractivity contribution >= 4 is 43.2 Å². The van der Waals surface area contributed by atoms with E-state index in [1.165, 1.54) is 12.1 Å². The molecule has 0 saturated heterocycles. The Morgan fingerprint density at radius 1 is 1.55 bits per heavy atom. The minimum absolute atomic E-state index is 0.00117. The van der Waals surface area contributed by atoms with E-state index in [-0.39, 0.29) is 20.6 Å². The van der Waals surface area contributed by atoms with E-state index in [1.807, 2.05) is 0 Å². The Kier molecular flexibility index (Phi) is 2.79. The Morgan fingerprint density at radius 2 is 2.18 bits per heavy atom. The highest BCUT2D eigenvalue weighted by molar-refractivity contribution is 8.15. The highest BCUT2D eigenvalue weighted by Gasteiger charge is 2.12. The van der Waals surface area contributed by atoms with Crippen LogP contribution in [0.2, 0.25) is 0 Å². The summed E-state index contributed by atoms with van der Waals surface area (Å²) in [6.07, 6.45) is 0. The highest BCUT2D eigenvalue weighted by atomic mass is 35.7. The van der Waals surface area contributed by atoms with E-state index >= 15 is 0 Å². The Labute approximate surface area is 76.1 Å². The van der Waals surface area contributed by atoms with Gasteiger partial charge in [0.15, 0.2) is 0 Å². The monoisotopic (exact) mass is 232 g/mol. The molecular formula is C4H2ClFO2S3. The molecule has 0 fully saturated rings. The third-order valence-electron chi connectivity index (χ3n) is 0.873. The van der Waals surface area contributed by atoms with E-state index in [0.717, 1.165) is 11.3 Å². The molecule has 1 aromatic rings. The summed E-state index contributed by atoms with van der Waals surface area (Å²) in [5, 5.41) is 0. The van der Waals surface area contributed by atoms with Crippen LogP contribution in [0.25, 0.3) is 0 Å². The first-order valence-electron chi connectivity index (χ1n) is 2.37. The van der Waals surface area contributed by atoms with E-state index < -0.39 is 9.05 Å². The molecule has 0 spiro atoms. The van der Waals surface area contributed by atoms with Gasteiger partial charge in [-0.3, -0.25) is 0 Å². The predicted molar refractivity (Wildman–Crippen MR) is 44.3 cm³/mol. The fraction of sp³-hybridized carbons (Fsp3) is 0. The van der Waals surface area contributed by atoms with Gasteiger partial charge in [-0.2, -0.15) is 3.89 Å². The van der Waals surface area contributed by atoms with Gasteiger partial charge in [-0.1, -0.05) is 0 Å². The van der Waals surface area contributed by atoms with Crippen molar-refractivity contribution in [1.82, 2.24) is 0 Å². The zero-order valence-corrected chi connectivity index (χ0v) is 8.16. The summed E-state index contributed by atoms with van der Waals surface area (Å²) in [7, 11) is 1.30. The van der Waals surface area contributed by atoms with Gasteiger partial charge in [0.2, 0.25) is 0 Å². The first-order valence-corrected chi connectivity index (χ1v) is 6.21. The lowest BCUT2D eigenvalue weighted by atomic mass is 10.7. The second-order valence-electron chi connectivity index (χ2n) is 1.59. The number of rotatable bonds is 2. The Balaban J connectivity index is 3.09. The van der Waals surface area contributed by atoms with E-state index in [4.69, 9.17) is 10.7 Å². The molecule has 0 atom stereocenters. The van der Waals surface area contributed by atoms with Gasteiger partial charge in [-0.05, 0) is 12.1 Å². The SMILES string of the molecule is O=S(=O)(Cl)c1ccc(SF)s1. The average Bonchev–Trinajstić information content (AvgIpc) is 2.32. The Morgan fingerprint density at radius 3 is 2.45 bits per heavy atom. The average molecular weight is 233 g/mol. The van der Waals surface area contributed by atoms with E-state index in [2.05, 4.69) is 0 Å². The summed E-state index contributed by atoms with van der Waals surface area (Å²) in [4.78, 5) is 0. The third kappa shape index (κ3) is 2.33. The minimum atomic E-state index is -3.68. The standard InChI is InChI=1S/C4H2ClFO2S3/c5-11(7,8)4-2-1-3(9-4)10-6/h1-2H. The molecule has 0 unspecified atom stereocenters. The molecular weight excluding hydrogens is 231 g/mol. The molecule has 0 amide bonds. The van der Waals surface area contributed by atoms with Crippen LogP contribution >= 0.6 is 34.2 Å². The summed E-state index contributed by atoms with van der Waals surface area (Å²) in [5.41, 5.74) is 0. The first kappa shape index (κ1) is 9.31. The minimum Gasteiger partial charge on any atom is -0.206 e. The summed E-state index contributed by atoms with van der Waals surface area (Å²) >= 11 is 0.809. The summed E-state index contributed by atoms with van der Waals surface area (Å²) < 4.78 is 33.3. The Bertz CT molecular complexity index is 344. The van der Waals surface area contributed by atoms with Crippen molar-refractivity contribution in [3.8, 4) is 0 Å². The van der Waals surface area contributed by atoms with Crippen molar-refractivity contribution in [2.45, 2.75) is 8.42 Å². The molecule has 7 heteroatoms. The van der Waals surface area contributed by atoms with Crippen LogP contribution in [-0.2, 0) is 9.05 Å². The first-order chi connectivity index (χ1) is 5.04. The molecule has 1 rings (SSSR count). The molecule has 0 aliphatic carbocycles. The normalized spacial score (nSPS) is 11.8. The lowest BCUT2D eigenvalue weighted by molar-refractivity contribution is 0.611. The van der Waals surface area contributed by atoms with E-state index in [9.17, 15) is 12.3 Å². The van der Waals surface area contributed by atoms with Crippen molar-refractivity contribution in [2.75, 3.05) is 0 Å². The van der Waals surface area contributed by atoms with E-state index in [1.54, 1.807) is 0 Å². The third-order valence-corrected chi connectivity index (χ3v) is 4.57. The smallest absolute Gasteiger partial charge is 0.206 e. The summed E-state index contributed by atoms with van der Waals surface area (Å²) in [5.74, 6) is 0. The van der Waals surface area contributed by atoms with Crippen LogP contribution in [0.3, 0.4) is 0 Å². The van der Waals surface area contributed by atoms with Gasteiger partial charge >= 0.3 is 0 Å². The highest BCUT2D eigenvalue weighted by Crippen LogP contribution is 2.31. The van der Waals surface area contributed by atoms with Crippen molar-refractivity contribution in [3.63, 3.8) is 0 Å². The van der Waals surface area contributed by atoms with Crippen LogP contribution in [0.15, 0.2) is 20.6 Å². The molecule has 0 saturated carbocycles. The lowest BCUT2D eigenvalue weighted by Crippen LogP contribution is -1.82. The lowest BCUT2D eigenvalue weighted by Gasteiger charge is -1.84. The largest absolute Gasteiger partial charge is 0.270 e. The van der Waals surface area contributed by atoms with Crippen LogP contribution in [0, 0.1) is 0 Å². The Hall–Kier alpha value is 0.220. The van der Waals surface area contributed by atoms with Crippen LogP contribution in [0.5, 0.6) is 0 Å². The van der Waals surface area contributed by atoms with Crippen LogP contribution in [0.4, 0.5) is 3.89 Å². The molecule has 0 aromatic carbocycles. The molecule has 0 aliphatic rings. The maximum Gasteiger partial charge on any atom is 0.270 e. The number of halogens is 2. The van der Waals surface area contributed by atoms with Crippen LogP contribution in [0.1, 0.15) is 0 Å². The van der Waals surface area contributed by atoms with Crippen molar-refractivity contribution in [2.24, 2.45) is 0 Å². The predicted octanol–water partition coefficient (Wildman–Crippen LogP) is 2.65. The van der Waals surface area contributed by atoms with Crippen molar-refractivity contribution in [1.29, 1.82) is 0 Å². The number of hydrogen-bond donors (Lipinski definition) is 0. The van der Waals surface area contributed by atoms with Gasteiger partial charge in [0.1, 0.15) is 4.21 Å². The second-order valence-corrected chi connectivity index (χ2v) is 6.32. The molecule has 0 aliphatic heterocycles. The molecule has 1 heterocycles. The number of thiophene rings is 1. The molecule has 0 radical (unpaired) electrons. The van der Waals surface area contributed by atoms with Crippen molar-refractivity contribution < 1.29 is 12.3 Å². The van der Waals surface area contributed by atoms with Gasteiger partial charge in [0, 0.05) is 10.7 Å². The van der Waals surface area contributed by atoms with Gasteiger partial charge in [-0.25, -0.2) is 8.42 Å². The zero-order valence-electron chi connectivity index (χ0n) is 4.95. The van der Waals surface area contributed by atoms with Gasteiger partial charge in [0.25, 0.3) is 9.05 Å². The molecule has 0 N–H and O–H groups in total. The fourth-order valence-electron chi connectivity index (χ4n) is 0.476. The van der Waals surface area contributed by atoms with Gasteiger partial charge in [0.05, 0.1) is 16.4 Å². The van der Waals surface area contributed by atoms with Crippen molar-refractivity contribution in [3.05, 3.63) is 12.1 Å². The summed E-state index contributed by atoms with van der Waals surface area (Å²) in [6, 6.07) is 2.64. The maximum absolute atomic E-state index is 11.8. The fourth-order valence-corrected chi connectivity index (χ4v) is 2.96. The van der Waals surface area contributed by atoms with E-state index in [0.29, 0.717) is 0 Å². The number of hydrogen-bond acceptors (Lipinski definition) is 4. The molecule has 0 bridgehead atoms. The topological polar surface area (TPSA) is 34.1 Å². The van der Waals surface area contributed by atoms with Crippen LogP contribution < -0.4 is 0 Å². The molecule has 11 heavy (non-hydrogen) atoms. The van der Waals surface area contributed by atoms with Crippen LogP contribution in [-0.4, -0.2) is 8.42 Å². The second kappa shape index (κ2) is 3.30. The van der Waals surface area contributed by atoms with Gasteiger partial charge in [-0.15, -0.1) is 11.3 Å². The van der Waals surface area contributed by atoms with Gasteiger partial charge < -0.3 is 0 Å². The quantitative estimate of drug-likeness (QED) is 0.736. The molecule has 1 aromatic heterocycles. The maximum atomic E-state index is 11.8. The summed E-state index contributed by atoms with van der Waals surface area (Å²) in [6.45, 7) is 0.